The molecule has 10 heteroatoms. The maximum absolute atomic E-state index is 12.4. The fraction of sp³-hybridized carbons (Fsp3) is 0.750. The van der Waals surface area contributed by atoms with Gasteiger partial charge in [-0.25, -0.2) is 4.79 Å². The highest BCUT2D eigenvalue weighted by molar-refractivity contribution is 5.94. The molecule has 0 aromatic carbocycles. The molecule has 148 valence electrons. The summed E-state index contributed by atoms with van der Waals surface area (Å²) in [4.78, 5) is 49.0. The number of carboxylic acid groups (broad SMARTS) is 1. The minimum Gasteiger partial charge on any atom is -0.480 e. The Morgan fingerprint density at radius 1 is 1.15 bits per heavy atom. The van der Waals surface area contributed by atoms with Crippen LogP contribution >= 0.6 is 0 Å². The second kappa shape index (κ2) is 9.48. The molecule has 0 aromatic heterocycles. The van der Waals surface area contributed by atoms with E-state index in [1.165, 1.54) is 11.8 Å². The van der Waals surface area contributed by atoms with Gasteiger partial charge in [0, 0.05) is 6.54 Å². The van der Waals surface area contributed by atoms with Gasteiger partial charge in [0.1, 0.15) is 18.1 Å². The van der Waals surface area contributed by atoms with Gasteiger partial charge in [0.2, 0.25) is 17.7 Å². The van der Waals surface area contributed by atoms with E-state index < -0.39 is 54.5 Å². The number of rotatable bonds is 8. The molecule has 3 amide bonds. The fourth-order valence-corrected chi connectivity index (χ4v) is 2.68. The number of aliphatic hydroxyl groups excluding tert-OH is 1. The molecule has 0 radical (unpaired) electrons. The molecule has 1 saturated heterocycles. The Morgan fingerprint density at radius 3 is 2.27 bits per heavy atom. The molecule has 0 saturated carbocycles. The van der Waals surface area contributed by atoms with Crippen molar-refractivity contribution in [2.24, 2.45) is 11.7 Å². The largest absolute Gasteiger partial charge is 0.480 e. The maximum atomic E-state index is 12.4. The predicted molar refractivity (Wildman–Crippen MR) is 91.8 cm³/mol. The van der Waals surface area contributed by atoms with E-state index in [1.54, 1.807) is 13.8 Å². The Kier molecular flexibility index (Phi) is 7.97. The Morgan fingerprint density at radius 2 is 1.77 bits per heavy atom. The van der Waals surface area contributed by atoms with Crippen LogP contribution in [0.5, 0.6) is 0 Å². The molecule has 0 aliphatic carbocycles. The van der Waals surface area contributed by atoms with Crippen LogP contribution in [0.1, 0.15) is 33.6 Å². The number of nitrogens with zero attached hydrogens (tertiary/aromatic N) is 1. The van der Waals surface area contributed by atoms with Gasteiger partial charge >= 0.3 is 5.97 Å². The lowest BCUT2D eigenvalue weighted by atomic mass is 10.0. The first-order chi connectivity index (χ1) is 12.1. The summed E-state index contributed by atoms with van der Waals surface area (Å²) in [6.07, 6.45) is 0.940. The van der Waals surface area contributed by atoms with Crippen LogP contribution in [0.3, 0.4) is 0 Å². The number of amides is 3. The summed E-state index contributed by atoms with van der Waals surface area (Å²) in [6.45, 7) is 4.56. The average Bonchev–Trinajstić information content (AvgIpc) is 3.07. The fourth-order valence-electron chi connectivity index (χ4n) is 2.68. The molecule has 4 unspecified atom stereocenters. The van der Waals surface area contributed by atoms with E-state index in [2.05, 4.69) is 10.6 Å². The number of hydrogen-bond donors (Lipinski definition) is 5. The number of hydrogen-bond acceptors (Lipinski definition) is 6. The van der Waals surface area contributed by atoms with E-state index in [0.29, 0.717) is 19.4 Å². The summed E-state index contributed by atoms with van der Waals surface area (Å²) in [5.74, 6) is -3.09. The zero-order valence-electron chi connectivity index (χ0n) is 15.3. The number of aliphatic carboxylic acids is 1. The van der Waals surface area contributed by atoms with Crippen LogP contribution in [0.15, 0.2) is 0 Å². The number of carbonyl (C=O) groups excluding carboxylic acids is 3. The van der Waals surface area contributed by atoms with Crippen LogP contribution in [-0.4, -0.2) is 76.1 Å². The summed E-state index contributed by atoms with van der Waals surface area (Å²) in [7, 11) is 0. The second-order valence-electron chi connectivity index (χ2n) is 6.77. The first-order valence-corrected chi connectivity index (χ1v) is 8.60. The normalized spacial score (nSPS) is 20.4. The maximum Gasteiger partial charge on any atom is 0.326 e. The quantitative estimate of drug-likeness (QED) is 0.330. The van der Waals surface area contributed by atoms with Crippen LogP contribution < -0.4 is 16.4 Å². The van der Waals surface area contributed by atoms with Crippen molar-refractivity contribution in [3.63, 3.8) is 0 Å². The third kappa shape index (κ3) is 5.40. The Hall–Kier alpha value is -2.20. The molecule has 1 aliphatic rings. The van der Waals surface area contributed by atoms with E-state index in [0.717, 1.165) is 0 Å². The minimum absolute atomic E-state index is 0.152. The molecule has 4 atom stereocenters. The summed E-state index contributed by atoms with van der Waals surface area (Å²) in [5.41, 5.74) is 5.70. The third-order valence-electron chi connectivity index (χ3n) is 4.39. The first-order valence-electron chi connectivity index (χ1n) is 8.60. The predicted octanol–water partition coefficient (Wildman–Crippen LogP) is -1.97. The van der Waals surface area contributed by atoms with Crippen molar-refractivity contribution in [2.75, 3.05) is 13.2 Å². The monoisotopic (exact) mass is 372 g/mol. The van der Waals surface area contributed by atoms with Crippen LogP contribution in [0.4, 0.5) is 0 Å². The zero-order chi connectivity index (χ0) is 20.0. The van der Waals surface area contributed by atoms with Gasteiger partial charge in [-0.05, 0) is 25.7 Å². The van der Waals surface area contributed by atoms with Crippen molar-refractivity contribution in [2.45, 2.75) is 57.8 Å². The van der Waals surface area contributed by atoms with Crippen molar-refractivity contribution < 1.29 is 29.4 Å². The molecule has 26 heavy (non-hydrogen) atoms. The Labute approximate surface area is 152 Å². The highest BCUT2D eigenvalue weighted by atomic mass is 16.4. The van der Waals surface area contributed by atoms with Gasteiger partial charge in [0.05, 0.1) is 12.6 Å². The van der Waals surface area contributed by atoms with Crippen molar-refractivity contribution >= 4 is 23.7 Å². The van der Waals surface area contributed by atoms with E-state index in [1.807, 2.05) is 0 Å². The van der Waals surface area contributed by atoms with Gasteiger partial charge in [-0.3, -0.25) is 14.4 Å². The topological polar surface area (TPSA) is 162 Å². The lowest BCUT2D eigenvalue weighted by Gasteiger charge is -2.27. The van der Waals surface area contributed by atoms with Gasteiger partial charge in [-0.15, -0.1) is 0 Å². The minimum atomic E-state index is -1.25. The molecule has 1 fully saturated rings. The van der Waals surface area contributed by atoms with Crippen LogP contribution in [0, 0.1) is 5.92 Å². The molecule has 10 nitrogen and oxygen atoms in total. The lowest BCUT2D eigenvalue weighted by molar-refractivity contribution is -0.149. The number of nitrogens with two attached hydrogens (primary N) is 1. The number of aliphatic hydroxyl groups is 1. The first kappa shape index (κ1) is 21.8. The van der Waals surface area contributed by atoms with Crippen molar-refractivity contribution in [1.29, 1.82) is 0 Å². The summed E-state index contributed by atoms with van der Waals surface area (Å²) < 4.78 is 0. The van der Waals surface area contributed by atoms with Crippen molar-refractivity contribution in [3.05, 3.63) is 0 Å². The smallest absolute Gasteiger partial charge is 0.326 e. The van der Waals surface area contributed by atoms with Crippen molar-refractivity contribution in [3.8, 4) is 0 Å². The second-order valence-corrected chi connectivity index (χ2v) is 6.77. The van der Waals surface area contributed by atoms with E-state index in [-0.39, 0.29) is 5.92 Å². The molecular formula is C16H28N4O6. The van der Waals surface area contributed by atoms with Crippen LogP contribution in [0.2, 0.25) is 0 Å². The number of nitrogens with one attached hydrogen (secondary N) is 2. The molecule has 0 aromatic rings. The molecule has 0 bridgehead atoms. The van der Waals surface area contributed by atoms with E-state index in [9.17, 15) is 24.3 Å². The van der Waals surface area contributed by atoms with Gasteiger partial charge in [-0.2, -0.15) is 0 Å². The number of carboxylic acids is 1. The molecular weight excluding hydrogens is 344 g/mol. The lowest BCUT2D eigenvalue weighted by Crippen LogP contribution is -2.57. The molecule has 1 heterocycles. The number of likely N-dealkylation sites (tertiary alicyclic amines) is 1. The zero-order valence-corrected chi connectivity index (χ0v) is 15.3. The standard InChI is InChI=1S/C16H28N4O6/c1-8(2)12(17)14(23)19-10(7-21)13(22)18-9(3)15(24)20-6-4-5-11(20)16(25)26/h8-12,21H,4-7,17H2,1-3H3,(H,18,22)(H,19,23)(H,25,26). The number of carbonyl (C=O) groups is 4. The Bertz CT molecular complexity index is 553. The van der Waals surface area contributed by atoms with Crippen LogP contribution in [-0.2, 0) is 19.2 Å². The molecule has 1 rings (SSSR count). The van der Waals surface area contributed by atoms with Gasteiger partial charge in [-0.1, -0.05) is 13.8 Å². The van der Waals surface area contributed by atoms with Crippen molar-refractivity contribution in [1.82, 2.24) is 15.5 Å². The average molecular weight is 372 g/mol. The van der Waals surface area contributed by atoms with Gasteiger partial charge in [0.15, 0.2) is 0 Å². The van der Waals surface area contributed by atoms with Gasteiger partial charge < -0.3 is 31.5 Å². The van der Waals surface area contributed by atoms with Crippen LogP contribution in [0.25, 0.3) is 0 Å². The van der Waals surface area contributed by atoms with E-state index in [4.69, 9.17) is 10.8 Å². The van der Waals surface area contributed by atoms with E-state index >= 15 is 0 Å². The highest BCUT2D eigenvalue weighted by Crippen LogP contribution is 2.18. The summed E-state index contributed by atoms with van der Waals surface area (Å²) in [6, 6.07) is -3.99. The molecule has 6 N–H and O–H groups in total. The SMILES string of the molecule is CC(NC(=O)C(CO)NC(=O)C(N)C(C)C)C(=O)N1CCCC1C(=O)O. The Balaban J connectivity index is 2.67. The molecule has 0 spiro atoms. The summed E-state index contributed by atoms with van der Waals surface area (Å²) in [5, 5.41) is 23.2. The molecule has 1 aliphatic heterocycles. The highest BCUT2D eigenvalue weighted by Gasteiger charge is 2.36. The summed E-state index contributed by atoms with van der Waals surface area (Å²) >= 11 is 0. The third-order valence-corrected chi connectivity index (χ3v) is 4.39. The van der Waals surface area contributed by atoms with Gasteiger partial charge in [0.25, 0.3) is 0 Å².